The predicted octanol–water partition coefficient (Wildman–Crippen LogP) is 3.27. The van der Waals surface area contributed by atoms with E-state index in [1.807, 2.05) is 32.9 Å². The van der Waals surface area contributed by atoms with Crippen LogP contribution in [0.3, 0.4) is 0 Å². The average molecular weight is 439 g/mol. The van der Waals surface area contributed by atoms with Crippen molar-refractivity contribution >= 4 is 11.8 Å². The number of esters is 1. The largest absolute Gasteiger partial charge is 0.458 e. The van der Waals surface area contributed by atoms with Crippen LogP contribution < -0.4 is 10.2 Å². The molecule has 0 aromatic carbocycles. The molecule has 7 heteroatoms. The highest BCUT2D eigenvalue weighted by Gasteiger charge is 2.22. The van der Waals surface area contributed by atoms with E-state index in [-0.39, 0.29) is 18.6 Å². The molecule has 2 aliphatic heterocycles. The van der Waals surface area contributed by atoms with Crippen molar-refractivity contribution in [1.29, 1.82) is 5.26 Å². The van der Waals surface area contributed by atoms with E-state index in [9.17, 15) is 9.90 Å². The lowest BCUT2D eigenvalue weighted by Gasteiger charge is -2.34. The second kappa shape index (κ2) is 12.8. The first-order chi connectivity index (χ1) is 15.5. The van der Waals surface area contributed by atoms with Gasteiger partial charge in [-0.2, -0.15) is 5.26 Å². The van der Waals surface area contributed by atoms with E-state index in [4.69, 9.17) is 10.00 Å². The number of carbonyl (C=O) groups excluding carboxylic acids is 1. The highest BCUT2D eigenvalue weighted by Crippen LogP contribution is 2.20. The highest BCUT2D eigenvalue weighted by molar-refractivity contribution is 5.88. The predicted molar refractivity (Wildman–Crippen MR) is 126 cm³/mol. The van der Waals surface area contributed by atoms with Gasteiger partial charge in [-0.3, -0.25) is 0 Å². The van der Waals surface area contributed by atoms with E-state index in [0.29, 0.717) is 17.7 Å². The number of anilines is 1. The van der Waals surface area contributed by atoms with E-state index in [1.165, 1.54) is 0 Å². The molecule has 3 rings (SSSR count). The lowest BCUT2D eigenvalue weighted by atomic mass is 9.99. The van der Waals surface area contributed by atoms with Crippen molar-refractivity contribution in [2.45, 2.75) is 52.7 Å². The van der Waals surface area contributed by atoms with Gasteiger partial charge >= 0.3 is 5.97 Å². The molecule has 1 fully saturated rings. The number of hydrogen-bond donors (Lipinski definition) is 2. The molecule has 3 heterocycles. The summed E-state index contributed by atoms with van der Waals surface area (Å²) in [6.07, 6.45) is 8.27. The molecule has 2 N–H and O–H groups in total. The van der Waals surface area contributed by atoms with E-state index in [1.54, 1.807) is 31.3 Å². The molecule has 2 unspecified atom stereocenters. The second-order valence-electron chi connectivity index (χ2n) is 7.68. The zero-order chi connectivity index (χ0) is 23.5. The summed E-state index contributed by atoms with van der Waals surface area (Å²) in [7, 11) is 0. The minimum Gasteiger partial charge on any atom is -0.458 e. The zero-order valence-electron chi connectivity index (χ0n) is 19.5. The number of rotatable bonds is 5. The molecule has 0 amide bonds. The number of ether oxygens (including phenoxy) is 1. The van der Waals surface area contributed by atoms with Gasteiger partial charge in [0.25, 0.3) is 0 Å². The van der Waals surface area contributed by atoms with Crippen LogP contribution in [0.25, 0.3) is 0 Å². The highest BCUT2D eigenvalue weighted by atomic mass is 16.5. The van der Waals surface area contributed by atoms with Gasteiger partial charge in [0.1, 0.15) is 18.5 Å². The Morgan fingerprint density at radius 2 is 2.09 bits per heavy atom. The van der Waals surface area contributed by atoms with E-state index in [0.717, 1.165) is 42.9 Å². The molecule has 0 radical (unpaired) electrons. The molecule has 7 nitrogen and oxygen atoms in total. The summed E-state index contributed by atoms with van der Waals surface area (Å²) in [6, 6.07) is 5.98. The maximum absolute atomic E-state index is 11.8. The van der Waals surface area contributed by atoms with Crippen LogP contribution in [0.2, 0.25) is 0 Å². The molecular weight excluding hydrogens is 404 g/mol. The fraction of sp³-hybridized carbons (Fsp3) is 0.480. The van der Waals surface area contributed by atoms with Crippen LogP contribution in [0.15, 0.2) is 53.3 Å². The minimum absolute atomic E-state index is 0.197. The van der Waals surface area contributed by atoms with Crippen molar-refractivity contribution < 1.29 is 14.6 Å². The number of nitrogens with zero attached hydrogens (tertiary/aromatic N) is 3. The van der Waals surface area contributed by atoms with E-state index < -0.39 is 6.10 Å². The number of hydrogen-bond acceptors (Lipinski definition) is 7. The Labute approximate surface area is 191 Å². The maximum atomic E-state index is 11.8. The number of nitriles is 1. The summed E-state index contributed by atoms with van der Waals surface area (Å²) in [4.78, 5) is 18.4. The van der Waals surface area contributed by atoms with Gasteiger partial charge in [-0.15, -0.1) is 0 Å². The lowest BCUT2D eigenvalue weighted by Crippen LogP contribution is -2.48. The number of aliphatic hydroxyl groups is 1. The number of aliphatic hydroxyl groups excluding tert-OH is 1. The number of cyclic esters (lactones) is 1. The van der Waals surface area contributed by atoms with Crippen molar-refractivity contribution in [2.24, 2.45) is 0 Å². The Kier molecular flexibility index (Phi) is 10.1. The fourth-order valence-electron chi connectivity index (χ4n) is 3.64. The van der Waals surface area contributed by atoms with Gasteiger partial charge in [0.2, 0.25) is 0 Å². The molecular formula is C25H34N4O3. The molecule has 1 aromatic rings. The summed E-state index contributed by atoms with van der Waals surface area (Å²) in [5, 5.41) is 23.2. The van der Waals surface area contributed by atoms with Gasteiger partial charge in [-0.25, -0.2) is 9.78 Å². The van der Waals surface area contributed by atoms with Crippen LogP contribution in [0.1, 0.15) is 46.1 Å². The SMILES string of the molecule is CC.C\C1=C/C=C(C(O)CNC2CCCN(c3ccc(C#N)cn3)C2)\C(C)=C\COC1=O. The normalized spacial score (nSPS) is 24.9. The van der Waals surface area contributed by atoms with Crippen molar-refractivity contribution in [3.63, 3.8) is 0 Å². The second-order valence-corrected chi connectivity index (χ2v) is 7.68. The zero-order valence-corrected chi connectivity index (χ0v) is 19.5. The van der Waals surface area contributed by atoms with Crippen molar-refractivity contribution in [2.75, 3.05) is 31.1 Å². The number of aromatic nitrogens is 1. The molecule has 1 saturated heterocycles. The standard InChI is InChI=1S/C23H28N4O3.C2H6/c1-16-9-11-30-23(29)17(2)5-7-20(16)21(28)14-25-19-4-3-10-27(15-19)22-8-6-18(12-24)13-26-22;1-2/h5-9,13,19,21,25,28H,3-4,10-11,14-15H2,1-2H3;1-2H3/b16-9+,17-5+,20-7+;. The Morgan fingerprint density at radius 3 is 2.78 bits per heavy atom. The van der Waals surface area contributed by atoms with Gasteiger partial charge in [-0.1, -0.05) is 26.0 Å². The molecule has 0 bridgehead atoms. The Hall–Kier alpha value is -2.95. The summed E-state index contributed by atoms with van der Waals surface area (Å²) >= 11 is 0. The smallest absolute Gasteiger partial charge is 0.334 e. The average Bonchev–Trinajstić information content (AvgIpc) is 2.89. The molecule has 0 saturated carbocycles. The van der Waals surface area contributed by atoms with Crippen molar-refractivity contribution in [3.8, 4) is 6.07 Å². The number of nitrogens with one attached hydrogen (secondary N) is 1. The molecule has 1 aromatic heterocycles. The van der Waals surface area contributed by atoms with Crippen LogP contribution in [0, 0.1) is 11.3 Å². The third-order valence-corrected chi connectivity index (χ3v) is 5.48. The third kappa shape index (κ3) is 7.04. The number of carbonyl (C=O) groups is 1. The minimum atomic E-state index is -0.693. The monoisotopic (exact) mass is 438 g/mol. The first-order valence-electron chi connectivity index (χ1n) is 11.2. The van der Waals surface area contributed by atoms with Crippen LogP contribution in [0.5, 0.6) is 0 Å². The van der Waals surface area contributed by atoms with Crippen molar-refractivity contribution in [1.82, 2.24) is 10.3 Å². The van der Waals surface area contributed by atoms with Gasteiger partial charge in [0, 0.05) is 37.4 Å². The Bertz CT molecular complexity index is 897. The first kappa shape index (κ1) is 25.3. The van der Waals surface area contributed by atoms with Gasteiger partial charge in [0.05, 0.1) is 11.7 Å². The number of piperidine rings is 1. The Balaban J connectivity index is 0.00000176. The van der Waals surface area contributed by atoms with Crippen LogP contribution in [-0.4, -0.2) is 54.4 Å². The van der Waals surface area contributed by atoms with Crippen LogP contribution in [0.4, 0.5) is 5.82 Å². The molecule has 0 aliphatic carbocycles. The van der Waals surface area contributed by atoms with Gasteiger partial charge in [0.15, 0.2) is 0 Å². The third-order valence-electron chi connectivity index (χ3n) is 5.48. The molecule has 0 spiro atoms. The fourth-order valence-corrected chi connectivity index (χ4v) is 3.64. The van der Waals surface area contributed by atoms with Crippen LogP contribution >= 0.6 is 0 Å². The van der Waals surface area contributed by atoms with E-state index in [2.05, 4.69) is 21.3 Å². The summed E-state index contributed by atoms with van der Waals surface area (Å²) in [6.45, 7) is 9.94. The quantitative estimate of drug-likeness (QED) is 0.681. The van der Waals surface area contributed by atoms with Gasteiger partial charge in [-0.05, 0) is 56.0 Å². The maximum Gasteiger partial charge on any atom is 0.334 e. The molecule has 2 aliphatic rings. The molecule has 172 valence electrons. The molecule has 32 heavy (non-hydrogen) atoms. The summed E-state index contributed by atoms with van der Waals surface area (Å²) in [5.41, 5.74) is 2.74. The summed E-state index contributed by atoms with van der Waals surface area (Å²) in [5.74, 6) is 0.520. The van der Waals surface area contributed by atoms with Gasteiger partial charge < -0.3 is 20.1 Å². The van der Waals surface area contributed by atoms with E-state index >= 15 is 0 Å². The van der Waals surface area contributed by atoms with Crippen molar-refractivity contribution in [3.05, 3.63) is 58.8 Å². The topological polar surface area (TPSA) is 98.5 Å². The summed E-state index contributed by atoms with van der Waals surface area (Å²) < 4.78 is 5.15. The first-order valence-corrected chi connectivity index (χ1v) is 11.2. The number of pyridine rings is 1. The lowest BCUT2D eigenvalue weighted by molar-refractivity contribution is -0.137. The number of allylic oxidation sites excluding steroid dienone is 2. The van der Waals surface area contributed by atoms with Crippen LogP contribution in [-0.2, 0) is 9.53 Å². The Morgan fingerprint density at radius 1 is 1.31 bits per heavy atom. The molecule has 2 atom stereocenters.